The summed E-state index contributed by atoms with van der Waals surface area (Å²) in [6, 6.07) is 3.49. The highest BCUT2D eigenvalue weighted by atomic mass is 79.9. The number of hydrogen-bond acceptors (Lipinski definition) is 6. The standard InChI is InChI=1S/C13H16BrN5O/c14-9-3-4-11(16-7-9)13-17-12(18-20-13)10(15)8-19-5-1-2-6-19/h3-4,7,10H,1-2,5-6,8,15H2. The SMILES string of the molecule is NC(CN1CCCC1)c1noc(-c2ccc(Br)cn2)n1. The highest BCUT2D eigenvalue weighted by molar-refractivity contribution is 9.10. The Kier molecular flexibility index (Phi) is 4.09. The van der Waals surface area contributed by atoms with Gasteiger partial charge in [-0.2, -0.15) is 4.98 Å². The summed E-state index contributed by atoms with van der Waals surface area (Å²) in [7, 11) is 0. The van der Waals surface area contributed by atoms with Crippen molar-refractivity contribution in [2.45, 2.75) is 18.9 Å². The lowest BCUT2D eigenvalue weighted by Gasteiger charge is -2.17. The summed E-state index contributed by atoms with van der Waals surface area (Å²) in [5, 5.41) is 3.97. The number of nitrogens with zero attached hydrogens (tertiary/aromatic N) is 4. The smallest absolute Gasteiger partial charge is 0.276 e. The first-order valence-corrected chi connectivity index (χ1v) is 7.45. The topological polar surface area (TPSA) is 81.1 Å². The molecule has 2 aromatic heterocycles. The average molecular weight is 338 g/mol. The van der Waals surface area contributed by atoms with Gasteiger partial charge < -0.3 is 15.2 Å². The van der Waals surface area contributed by atoms with Crippen LogP contribution in [0.2, 0.25) is 0 Å². The molecule has 1 saturated heterocycles. The van der Waals surface area contributed by atoms with Crippen molar-refractivity contribution >= 4 is 15.9 Å². The minimum atomic E-state index is -0.221. The molecule has 1 aliphatic rings. The molecule has 0 radical (unpaired) electrons. The van der Waals surface area contributed by atoms with Gasteiger partial charge in [0.05, 0.1) is 6.04 Å². The zero-order valence-electron chi connectivity index (χ0n) is 11.0. The van der Waals surface area contributed by atoms with E-state index in [1.807, 2.05) is 12.1 Å². The van der Waals surface area contributed by atoms with Crippen molar-refractivity contribution in [3.8, 4) is 11.6 Å². The Morgan fingerprint density at radius 3 is 2.85 bits per heavy atom. The van der Waals surface area contributed by atoms with E-state index in [0.29, 0.717) is 17.4 Å². The van der Waals surface area contributed by atoms with Crippen LogP contribution < -0.4 is 5.73 Å². The van der Waals surface area contributed by atoms with Crippen molar-refractivity contribution in [3.05, 3.63) is 28.6 Å². The Labute approximate surface area is 125 Å². The average Bonchev–Trinajstić information content (AvgIpc) is 3.10. The Bertz CT molecular complexity index is 564. The van der Waals surface area contributed by atoms with Crippen molar-refractivity contribution in [1.29, 1.82) is 0 Å². The summed E-state index contributed by atoms with van der Waals surface area (Å²) in [6.45, 7) is 2.98. The molecule has 7 heteroatoms. The number of rotatable bonds is 4. The van der Waals surface area contributed by atoms with Crippen LogP contribution >= 0.6 is 15.9 Å². The normalized spacial score (nSPS) is 17.5. The van der Waals surface area contributed by atoms with Gasteiger partial charge in [0.25, 0.3) is 5.89 Å². The summed E-state index contributed by atoms with van der Waals surface area (Å²) < 4.78 is 6.15. The van der Waals surface area contributed by atoms with Crippen LogP contribution in [0.3, 0.4) is 0 Å². The van der Waals surface area contributed by atoms with Gasteiger partial charge in [0.15, 0.2) is 5.82 Å². The molecule has 0 aromatic carbocycles. The summed E-state index contributed by atoms with van der Waals surface area (Å²) in [6.07, 6.45) is 4.18. The summed E-state index contributed by atoms with van der Waals surface area (Å²) in [5.74, 6) is 0.945. The van der Waals surface area contributed by atoms with E-state index >= 15 is 0 Å². The van der Waals surface area contributed by atoms with E-state index in [1.54, 1.807) is 6.20 Å². The molecule has 1 fully saturated rings. The maximum atomic E-state index is 6.14. The summed E-state index contributed by atoms with van der Waals surface area (Å²) in [4.78, 5) is 10.9. The van der Waals surface area contributed by atoms with Crippen LogP contribution in [0.15, 0.2) is 27.3 Å². The fourth-order valence-electron chi connectivity index (χ4n) is 2.32. The minimum Gasteiger partial charge on any atom is -0.332 e. The van der Waals surface area contributed by atoms with Crippen LogP contribution in [-0.4, -0.2) is 39.7 Å². The number of halogens is 1. The second-order valence-corrected chi connectivity index (χ2v) is 5.85. The molecule has 1 unspecified atom stereocenters. The molecular weight excluding hydrogens is 322 g/mol. The molecule has 2 N–H and O–H groups in total. The fourth-order valence-corrected chi connectivity index (χ4v) is 2.55. The highest BCUT2D eigenvalue weighted by Gasteiger charge is 2.20. The van der Waals surface area contributed by atoms with Gasteiger partial charge in [0, 0.05) is 17.2 Å². The predicted octanol–water partition coefficient (Wildman–Crippen LogP) is 1.99. The Morgan fingerprint density at radius 1 is 1.35 bits per heavy atom. The molecule has 1 atom stereocenters. The van der Waals surface area contributed by atoms with E-state index in [1.165, 1.54) is 12.8 Å². The van der Waals surface area contributed by atoms with E-state index in [2.05, 4.69) is 36.0 Å². The minimum absolute atomic E-state index is 0.221. The lowest BCUT2D eigenvalue weighted by molar-refractivity contribution is 0.306. The van der Waals surface area contributed by atoms with Crippen molar-refractivity contribution in [2.75, 3.05) is 19.6 Å². The fraction of sp³-hybridized carbons (Fsp3) is 0.462. The van der Waals surface area contributed by atoms with E-state index in [0.717, 1.165) is 24.1 Å². The zero-order chi connectivity index (χ0) is 13.9. The largest absolute Gasteiger partial charge is 0.332 e. The third-order valence-corrected chi connectivity index (χ3v) is 3.84. The van der Waals surface area contributed by atoms with E-state index < -0.39 is 0 Å². The molecule has 0 aliphatic carbocycles. The molecule has 20 heavy (non-hydrogen) atoms. The monoisotopic (exact) mass is 337 g/mol. The number of hydrogen-bond donors (Lipinski definition) is 1. The molecular formula is C13H16BrN5O. The van der Waals surface area contributed by atoms with Gasteiger partial charge in [-0.05, 0) is 54.0 Å². The molecule has 2 aromatic rings. The van der Waals surface area contributed by atoms with E-state index in [4.69, 9.17) is 10.3 Å². The van der Waals surface area contributed by atoms with Gasteiger partial charge >= 0.3 is 0 Å². The number of pyridine rings is 1. The Hall–Kier alpha value is -1.31. The highest BCUT2D eigenvalue weighted by Crippen LogP contribution is 2.19. The third kappa shape index (κ3) is 3.05. The van der Waals surface area contributed by atoms with Gasteiger partial charge in [-0.25, -0.2) is 4.98 Å². The maximum Gasteiger partial charge on any atom is 0.276 e. The van der Waals surface area contributed by atoms with Crippen molar-refractivity contribution in [3.63, 3.8) is 0 Å². The second-order valence-electron chi connectivity index (χ2n) is 4.93. The maximum absolute atomic E-state index is 6.14. The first-order chi connectivity index (χ1) is 9.72. The van der Waals surface area contributed by atoms with Crippen LogP contribution in [0.1, 0.15) is 24.7 Å². The molecule has 1 aliphatic heterocycles. The lowest BCUT2D eigenvalue weighted by atomic mass is 10.3. The number of nitrogens with two attached hydrogens (primary N) is 1. The molecule has 0 spiro atoms. The first kappa shape index (κ1) is 13.7. The molecule has 3 rings (SSSR count). The van der Waals surface area contributed by atoms with Gasteiger partial charge in [-0.3, -0.25) is 0 Å². The van der Waals surface area contributed by atoms with Crippen LogP contribution in [-0.2, 0) is 0 Å². The quantitative estimate of drug-likeness (QED) is 0.918. The zero-order valence-corrected chi connectivity index (χ0v) is 12.6. The van der Waals surface area contributed by atoms with E-state index in [-0.39, 0.29) is 6.04 Å². The Morgan fingerprint density at radius 2 is 2.15 bits per heavy atom. The molecule has 0 bridgehead atoms. The predicted molar refractivity (Wildman–Crippen MR) is 77.8 cm³/mol. The second kappa shape index (κ2) is 5.99. The lowest BCUT2D eigenvalue weighted by Crippen LogP contribution is -2.30. The van der Waals surface area contributed by atoms with Gasteiger partial charge in [0.1, 0.15) is 5.69 Å². The number of aromatic nitrogens is 3. The van der Waals surface area contributed by atoms with Gasteiger partial charge in [0.2, 0.25) is 0 Å². The molecule has 3 heterocycles. The van der Waals surface area contributed by atoms with Crippen LogP contribution in [0.5, 0.6) is 0 Å². The Balaban J connectivity index is 1.70. The molecule has 106 valence electrons. The summed E-state index contributed by atoms with van der Waals surface area (Å²) in [5.41, 5.74) is 6.79. The van der Waals surface area contributed by atoms with Gasteiger partial charge in [-0.1, -0.05) is 5.16 Å². The van der Waals surface area contributed by atoms with Crippen molar-refractivity contribution in [1.82, 2.24) is 20.0 Å². The van der Waals surface area contributed by atoms with Gasteiger partial charge in [-0.15, -0.1) is 0 Å². The number of likely N-dealkylation sites (tertiary alicyclic amines) is 1. The first-order valence-electron chi connectivity index (χ1n) is 6.66. The van der Waals surface area contributed by atoms with E-state index in [9.17, 15) is 0 Å². The van der Waals surface area contributed by atoms with Crippen LogP contribution in [0.25, 0.3) is 11.6 Å². The van der Waals surface area contributed by atoms with Crippen molar-refractivity contribution < 1.29 is 4.52 Å². The van der Waals surface area contributed by atoms with Crippen LogP contribution in [0.4, 0.5) is 0 Å². The van der Waals surface area contributed by atoms with Crippen molar-refractivity contribution in [2.24, 2.45) is 5.73 Å². The van der Waals surface area contributed by atoms with Crippen LogP contribution in [0, 0.1) is 0 Å². The summed E-state index contributed by atoms with van der Waals surface area (Å²) >= 11 is 3.34. The molecule has 6 nitrogen and oxygen atoms in total. The third-order valence-electron chi connectivity index (χ3n) is 3.37. The molecule has 0 amide bonds. The molecule has 0 saturated carbocycles.